The van der Waals surface area contributed by atoms with E-state index in [4.69, 9.17) is 4.74 Å². The molecule has 4 aliphatic rings. The Balaban J connectivity index is 2.01. The van der Waals surface area contributed by atoms with Gasteiger partial charge in [-0.1, -0.05) is 39.3 Å². The second kappa shape index (κ2) is 4.56. The van der Waals surface area contributed by atoms with Crippen LogP contribution in [-0.2, 0) is 9.53 Å². The molecular weight excluding hydrogens is 320 g/mol. The summed E-state index contributed by atoms with van der Waals surface area (Å²) in [4.78, 5) is 13.0. The Labute approximate surface area is 148 Å². The van der Waals surface area contributed by atoms with Gasteiger partial charge in [-0.25, -0.2) is 0 Å². The van der Waals surface area contributed by atoms with Crippen LogP contribution in [0.2, 0.25) is 0 Å². The van der Waals surface area contributed by atoms with Crippen molar-refractivity contribution in [3.05, 3.63) is 24.3 Å². The van der Waals surface area contributed by atoms with Gasteiger partial charge in [-0.2, -0.15) is 0 Å². The van der Waals surface area contributed by atoms with Crippen molar-refractivity contribution in [1.29, 1.82) is 0 Å². The third kappa shape index (κ3) is 1.72. The van der Waals surface area contributed by atoms with Crippen LogP contribution in [-0.4, -0.2) is 38.8 Å². The lowest BCUT2D eigenvalue weighted by molar-refractivity contribution is -0.289. The predicted octanol–water partition coefficient (Wildman–Crippen LogP) is 2.06. The zero-order valence-electron chi connectivity index (χ0n) is 15.2. The first-order chi connectivity index (χ1) is 11.5. The second-order valence-corrected chi connectivity index (χ2v) is 9.46. The van der Waals surface area contributed by atoms with Gasteiger partial charge in [0.2, 0.25) is 5.79 Å². The Hall–Kier alpha value is -1.17. The molecule has 0 radical (unpaired) electrons. The molecule has 3 N–H and O–H groups in total. The third-order valence-electron chi connectivity index (χ3n) is 7.58. The van der Waals surface area contributed by atoms with Gasteiger partial charge in [0.05, 0.1) is 5.92 Å². The summed E-state index contributed by atoms with van der Waals surface area (Å²) in [5.74, 6) is -3.20. The van der Waals surface area contributed by atoms with Crippen molar-refractivity contribution in [2.45, 2.75) is 70.4 Å². The Morgan fingerprint density at radius 3 is 2.52 bits per heavy atom. The lowest BCUT2D eigenvalue weighted by atomic mass is 9.42. The maximum atomic E-state index is 13.0. The van der Waals surface area contributed by atoms with Crippen LogP contribution in [0.4, 0.5) is 0 Å². The highest BCUT2D eigenvalue weighted by Gasteiger charge is 2.83. The number of carbonyl (C=O) groups excluding carboxylic acids is 1. The SMILES string of the molecule is C=C[C@]1(C)C=C2[C@@H](O)[C@@]3(O)OC(=O)[C@@]4(CCCC(C)(C)[C@H]34)[C@@]2(O)CC1. The van der Waals surface area contributed by atoms with E-state index in [1.54, 1.807) is 12.2 Å². The molecule has 1 heterocycles. The summed E-state index contributed by atoms with van der Waals surface area (Å²) in [5.41, 5.74) is -3.19. The fraction of sp³-hybridized carbons (Fsp3) is 0.750. The van der Waals surface area contributed by atoms with Crippen LogP contribution in [0.15, 0.2) is 24.3 Å². The van der Waals surface area contributed by atoms with Crippen molar-refractivity contribution < 1.29 is 24.9 Å². The molecular formula is C20H28O5. The standard InChI is InChI=1S/C20H28O5/c1-5-17(4)9-10-19(23)12(11-17)13(21)20(24)14-16(2,3)7-6-8-18(14,19)15(22)25-20/h5,11,13-14,21,23-24H,1,6-10H2,2-4H3/t13-,14+,17+,18+,19-,20-/m1/s1. The molecule has 3 fully saturated rings. The average molecular weight is 348 g/mol. The number of carbonyl (C=O) groups is 1. The van der Waals surface area contributed by atoms with Gasteiger partial charge in [0, 0.05) is 5.41 Å². The summed E-state index contributed by atoms with van der Waals surface area (Å²) in [6.07, 6.45) is 5.17. The van der Waals surface area contributed by atoms with Crippen molar-refractivity contribution in [3.8, 4) is 0 Å². The summed E-state index contributed by atoms with van der Waals surface area (Å²) in [6.45, 7) is 9.81. The zero-order chi connectivity index (χ0) is 18.5. The van der Waals surface area contributed by atoms with E-state index < -0.39 is 45.6 Å². The average Bonchev–Trinajstić information content (AvgIpc) is 2.77. The van der Waals surface area contributed by atoms with Crippen LogP contribution in [0.3, 0.4) is 0 Å². The van der Waals surface area contributed by atoms with Crippen LogP contribution >= 0.6 is 0 Å². The van der Waals surface area contributed by atoms with Gasteiger partial charge in [-0.05, 0) is 36.7 Å². The first kappa shape index (κ1) is 17.3. The lowest BCUT2D eigenvalue weighted by Gasteiger charge is -2.61. The van der Waals surface area contributed by atoms with Gasteiger partial charge in [0.25, 0.3) is 0 Å². The fourth-order valence-corrected chi connectivity index (χ4v) is 6.35. The molecule has 2 saturated carbocycles. The quantitative estimate of drug-likeness (QED) is 0.499. The molecule has 0 spiro atoms. The summed E-state index contributed by atoms with van der Waals surface area (Å²) in [5, 5.41) is 34.2. The van der Waals surface area contributed by atoms with E-state index in [9.17, 15) is 20.1 Å². The van der Waals surface area contributed by atoms with E-state index in [1.807, 2.05) is 20.8 Å². The molecule has 3 aliphatic carbocycles. The molecule has 5 nitrogen and oxygen atoms in total. The molecule has 4 rings (SSSR count). The molecule has 5 heteroatoms. The van der Waals surface area contributed by atoms with E-state index in [1.165, 1.54) is 0 Å². The first-order valence-electron chi connectivity index (χ1n) is 9.20. The maximum Gasteiger partial charge on any atom is 0.318 e. The Kier molecular flexibility index (Phi) is 3.15. The number of aliphatic hydroxyl groups excluding tert-OH is 1. The molecule has 25 heavy (non-hydrogen) atoms. The molecule has 138 valence electrons. The summed E-state index contributed by atoms with van der Waals surface area (Å²) >= 11 is 0. The Bertz CT molecular complexity index is 696. The number of ether oxygens (including phenoxy) is 1. The van der Waals surface area contributed by atoms with Gasteiger partial charge in [-0.3, -0.25) is 4.79 Å². The number of fused-ring (bicyclic) bond motifs is 1. The Morgan fingerprint density at radius 2 is 1.88 bits per heavy atom. The van der Waals surface area contributed by atoms with Crippen LogP contribution < -0.4 is 0 Å². The highest BCUT2D eigenvalue weighted by molar-refractivity contribution is 5.85. The Morgan fingerprint density at radius 1 is 1.20 bits per heavy atom. The minimum Gasteiger partial charge on any atom is -0.429 e. The van der Waals surface area contributed by atoms with Crippen molar-refractivity contribution in [3.63, 3.8) is 0 Å². The molecule has 6 atom stereocenters. The fourth-order valence-electron chi connectivity index (χ4n) is 6.35. The van der Waals surface area contributed by atoms with Gasteiger partial charge in [-0.15, -0.1) is 6.58 Å². The van der Waals surface area contributed by atoms with Gasteiger partial charge >= 0.3 is 5.97 Å². The monoisotopic (exact) mass is 348 g/mol. The van der Waals surface area contributed by atoms with E-state index in [-0.39, 0.29) is 0 Å². The smallest absolute Gasteiger partial charge is 0.318 e. The molecule has 0 amide bonds. The van der Waals surface area contributed by atoms with Crippen molar-refractivity contribution in [2.75, 3.05) is 0 Å². The molecule has 1 saturated heterocycles. The number of hydrogen-bond donors (Lipinski definition) is 3. The predicted molar refractivity (Wildman–Crippen MR) is 91.2 cm³/mol. The number of allylic oxidation sites excluding steroid dienone is 2. The lowest BCUT2D eigenvalue weighted by Crippen LogP contribution is -2.71. The van der Waals surface area contributed by atoms with E-state index in [0.717, 1.165) is 12.8 Å². The third-order valence-corrected chi connectivity index (χ3v) is 7.58. The van der Waals surface area contributed by atoms with Crippen molar-refractivity contribution in [1.82, 2.24) is 0 Å². The molecule has 0 unspecified atom stereocenters. The van der Waals surface area contributed by atoms with Gasteiger partial charge in [0.15, 0.2) is 0 Å². The molecule has 2 bridgehead atoms. The van der Waals surface area contributed by atoms with Crippen LogP contribution in [0.25, 0.3) is 0 Å². The topological polar surface area (TPSA) is 87.0 Å². The number of rotatable bonds is 1. The summed E-state index contributed by atoms with van der Waals surface area (Å²) < 4.78 is 5.46. The van der Waals surface area contributed by atoms with Crippen LogP contribution in [0.5, 0.6) is 0 Å². The molecule has 0 aromatic rings. The minimum absolute atomic E-state index is 0.323. The normalized spacial score (nSPS) is 53.4. The largest absolute Gasteiger partial charge is 0.429 e. The number of esters is 1. The molecule has 0 aromatic carbocycles. The van der Waals surface area contributed by atoms with Crippen LogP contribution in [0.1, 0.15) is 52.9 Å². The zero-order valence-corrected chi connectivity index (χ0v) is 15.2. The molecule has 1 aliphatic heterocycles. The highest BCUT2D eigenvalue weighted by Crippen LogP contribution is 2.72. The summed E-state index contributed by atoms with van der Waals surface area (Å²) in [6, 6.07) is 0. The highest BCUT2D eigenvalue weighted by atomic mass is 16.7. The van der Waals surface area contributed by atoms with Crippen molar-refractivity contribution >= 4 is 5.97 Å². The first-order valence-corrected chi connectivity index (χ1v) is 9.20. The molecule has 0 aromatic heterocycles. The van der Waals surface area contributed by atoms with Gasteiger partial charge in [0.1, 0.15) is 17.1 Å². The van der Waals surface area contributed by atoms with Crippen LogP contribution in [0, 0.1) is 22.2 Å². The maximum absolute atomic E-state index is 13.0. The van der Waals surface area contributed by atoms with E-state index in [2.05, 4.69) is 6.58 Å². The second-order valence-electron chi connectivity index (χ2n) is 9.46. The van der Waals surface area contributed by atoms with Crippen molar-refractivity contribution in [2.24, 2.45) is 22.2 Å². The number of hydrogen-bond acceptors (Lipinski definition) is 5. The minimum atomic E-state index is -1.99. The summed E-state index contributed by atoms with van der Waals surface area (Å²) in [7, 11) is 0. The van der Waals surface area contributed by atoms with E-state index >= 15 is 0 Å². The number of aliphatic hydroxyl groups is 3. The van der Waals surface area contributed by atoms with E-state index in [0.29, 0.717) is 24.8 Å². The van der Waals surface area contributed by atoms with Gasteiger partial charge < -0.3 is 20.1 Å².